The number of carbonyl (C=O) groups is 1. The zero-order valence-electron chi connectivity index (χ0n) is 20.1. The van der Waals surface area contributed by atoms with Gasteiger partial charge in [-0.1, -0.05) is 47.7 Å². The molecule has 1 aliphatic heterocycles. The Labute approximate surface area is 212 Å². The molecule has 1 N–H and O–H groups in total. The van der Waals surface area contributed by atoms with Gasteiger partial charge in [0.05, 0.1) is 17.3 Å². The molecule has 0 spiro atoms. The Morgan fingerprint density at radius 3 is 2.46 bits per heavy atom. The maximum absolute atomic E-state index is 12.9. The molecule has 0 atom stereocenters. The number of rotatable bonds is 9. The third-order valence-electron chi connectivity index (χ3n) is 6.22. The van der Waals surface area contributed by atoms with Crippen molar-refractivity contribution < 1.29 is 18.3 Å². The topological polar surface area (TPSA) is 98.1 Å². The van der Waals surface area contributed by atoms with Gasteiger partial charge in [0, 0.05) is 31.3 Å². The number of nitrogens with zero attached hydrogens (tertiary/aromatic N) is 6. The summed E-state index contributed by atoms with van der Waals surface area (Å²) in [5, 5.41) is 19.5. The maximum atomic E-state index is 12.9. The minimum Gasteiger partial charge on any atom is -0.470 e. The molecule has 0 unspecified atom stereocenters. The molecule has 0 saturated carbocycles. The van der Waals surface area contributed by atoms with E-state index in [4.69, 9.17) is 4.74 Å². The lowest BCUT2D eigenvalue weighted by Gasteiger charge is -2.38. The van der Waals surface area contributed by atoms with Gasteiger partial charge in [-0.3, -0.25) is 4.79 Å². The van der Waals surface area contributed by atoms with Gasteiger partial charge in [0.25, 0.3) is 6.43 Å². The predicted octanol–water partition coefficient (Wildman–Crippen LogP) is 3.63. The summed E-state index contributed by atoms with van der Waals surface area (Å²) in [6.45, 7) is 3.57. The van der Waals surface area contributed by atoms with Crippen LogP contribution in [0.3, 0.4) is 0 Å². The Balaban J connectivity index is 1.13. The van der Waals surface area contributed by atoms with Crippen molar-refractivity contribution in [2.75, 3.05) is 18.0 Å². The van der Waals surface area contributed by atoms with Crippen molar-refractivity contribution in [3.05, 3.63) is 89.2 Å². The van der Waals surface area contributed by atoms with Gasteiger partial charge >= 0.3 is 0 Å². The highest BCUT2D eigenvalue weighted by Gasteiger charge is 2.33. The first kappa shape index (κ1) is 24.3. The van der Waals surface area contributed by atoms with E-state index in [9.17, 15) is 13.6 Å². The summed E-state index contributed by atoms with van der Waals surface area (Å²) in [7, 11) is 0. The highest BCUT2D eigenvalue weighted by molar-refractivity contribution is 5.81. The first-order valence-corrected chi connectivity index (χ1v) is 11.8. The number of amides is 1. The van der Waals surface area contributed by atoms with Crippen LogP contribution in [0, 0.1) is 12.8 Å². The molecule has 1 fully saturated rings. The Kier molecular flexibility index (Phi) is 7.02. The Hall–Kier alpha value is -4.41. The van der Waals surface area contributed by atoms with Gasteiger partial charge in [0.15, 0.2) is 5.82 Å². The van der Waals surface area contributed by atoms with E-state index in [-0.39, 0.29) is 24.0 Å². The van der Waals surface area contributed by atoms with Crippen LogP contribution in [-0.2, 0) is 17.9 Å². The number of hydrogen-bond acceptors (Lipinski definition) is 7. The number of halogens is 2. The van der Waals surface area contributed by atoms with E-state index in [1.165, 1.54) is 12.1 Å². The fraction of sp³-hybridized carbons (Fsp3) is 0.269. The summed E-state index contributed by atoms with van der Waals surface area (Å²) in [5.74, 6) is 0.924. The van der Waals surface area contributed by atoms with E-state index < -0.39 is 6.43 Å². The number of aromatic nitrogens is 5. The molecule has 3 heterocycles. The highest BCUT2D eigenvalue weighted by atomic mass is 19.3. The van der Waals surface area contributed by atoms with Crippen LogP contribution < -0.4 is 15.0 Å². The summed E-state index contributed by atoms with van der Waals surface area (Å²) >= 11 is 0. The van der Waals surface area contributed by atoms with Crippen LogP contribution in [0.5, 0.6) is 5.88 Å². The Bertz CT molecular complexity index is 1340. The fourth-order valence-corrected chi connectivity index (χ4v) is 3.97. The zero-order valence-corrected chi connectivity index (χ0v) is 20.1. The third kappa shape index (κ3) is 5.55. The van der Waals surface area contributed by atoms with Crippen LogP contribution >= 0.6 is 0 Å². The number of ether oxygens (including phenoxy) is 1. The van der Waals surface area contributed by atoms with Crippen molar-refractivity contribution in [3.63, 3.8) is 0 Å². The molecule has 11 heteroatoms. The van der Waals surface area contributed by atoms with Gasteiger partial charge in [-0.25, -0.2) is 13.5 Å². The number of benzene rings is 2. The van der Waals surface area contributed by atoms with Crippen molar-refractivity contribution in [1.82, 2.24) is 30.5 Å². The smallest absolute Gasteiger partial charge is 0.263 e. The second-order valence-electron chi connectivity index (χ2n) is 8.75. The van der Waals surface area contributed by atoms with Crippen molar-refractivity contribution in [2.45, 2.75) is 26.5 Å². The van der Waals surface area contributed by atoms with E-state index in [1.54, 1.807) is 35.9 Å². The molecule has 5 rings (SSSR count). The summed E-state index contributed by atoms with van der Waals surface area (Å²) in [6, 6.07) is 19.2. The quantitative estimate of drug-likeness (QED) is 0.371. The van der Waals surface area contributed by atoms with Crippen LogP contribution in [0.25, 0.3) is 5.69 Å². The maximum Gasteiger partial charge on any atom is 0.263 e. The molecule has 190 valence electrons. The third-order valence-corrected chi connectivity index (χ3v) is 6.22. The molecule has 0 aliphatic carbocycles. The fourth-order valence-electron chi connectivity index (χ4n) is 3.97. The van der Waals surface area contributed by atoms with Crippen LogP contribution in [-0.4, -0.2) is 44.2 Å². The van der Waals surface area contributed by atoms with Gasteiger partial charge in [-0.05, 0) is 30.7 Å². The normalized spacial score (nSPS) is 13.5. The SMILES string of the molecule is Cc1nnn(-c2ccc(C(F)F)cc2)c1COc1ccc(N2CC(C(=O)NCc3ccccc3)C2)nn1. The monoisotopic (exact) mass is 505 g/mol. The van der Waals surface area contributed by atoms with E-state index in [0.717, 1.165) is 5.56 Å². The molecule has 4 aromatic rings. The summed E-state index contributed by atoms with van der Waals surface area (Å²) in [5.41, 5.74) is 2.93. The molecule has 37 heavy (non-hydrogen) atoms. The van der Waals surface area contributed by atoms with E-state index in [2.05, 4.69) is 25.8 Å². The number of anilines is 1. The van der Waals surface area contributed by atoms with Crippen LogP contribution in [0.15, 0.2) is 66.7 Å². The number of carbonyl (C=O) groups excluding carboxylic acids is 1. The lowest BCUT2D eigenvalue weighted by atomic mass is 9.99. The van der Waals surface area contributed by atoms with Gasteiger partial charge in [0.2, 0.25) is 11.8 Å². The predicted molar refractivity (Wildman–Crippen MR) is 131 cm³/mol. The number of nitrogens with one attached hydrogen (secondary N) is 1. The molecular weight excluding hydrogens is 480 g/mol. The summed E-state index contributed by atoms with van der Waals surface area (Å²) in [4.78, 5) is 14.4. The zero-order chi connectivity index (χ0) is 25.8. The first-order chi connectivity index (χ1) is 18.0. The minimum absolute atomic E-state index is 0.0254. The lowest BCUT2D eigenvalue weighted by Crippen LogP contribution is -2.54. The minimum atomic E-state index is -2.53. The average Bonchev–Trinajstić information content (AvgIpc) is 3.27. The molecule has 2 aromatic heterocycles. The largest absolute Gasteiger partial charge is 0.470 e. The molecule has 0 radical (unpaired) electrons. The molecular formula is C26H25F2N7O2. The molecule has 2 aromatic carbocycles. The number of aryl methyl sites for hydroxylation is 1. The summed E-state index contributed by atoms with van der Waals surface area (Å²) < 4.78 is 33.1. The molecule has 9 nitrogen and oxygen atoms in total. The second-order valence-corrected chi connectivity index (χ2v) is 8.75. The van der Waals surface area contributed by atoms with Gasteiger partial charge in [0.1, 0.15) is 12.3 Å². The second kappa shape index (κ2) is 10.7. The number of alkyl halides is 2. The molecule has 0 bridgehead atoms. The summed E-state index contributed by atoms with van der Waals surface area (Å²) in [6.07, 6.45) is -2.53. The molecule has 1 aliphatic rings. The van der Waals surface area contributed by atoms with E-state index in [1.807, 2.05) is 35.2 Å². The average molecular weight is 506 g/mol. The van der Waals surface area contributed by atoms with Crippen molar-refractivity contribution in [1.29, 1.82) is 0 Å². The van der Waals surface area contributed by atoms with Gasteiger partial charge in [-0.2, -0.15) is 0 Å². The van der Waals surface area contributed by atoms with Crippen molar-refractivity contribution >= 4 is 11.7 Å². The van der Waals surface area contributed by atoms with Crippen LogP contribution in [0.4, 0.5) is 14.6 Å². The standard InChI is InChI=1S/C26H25F2N7O2/c1-17-22(35(33-30-17)21-9-7-19(8-10-21)25(27)28)16-37-24-12-11-23(31-32-24)34-14-20(15-34)26(36)29-13-18-5-3-2-4-6-18/h2-12,20,25H,13-16H2,1H3,(H,29,36). The molecule has 1 saturated heterocycles. The molecule has 1 amide bonds. The van der Waals surface area contributed by atoms with Gasteiger partial charge < -0.3 is 15.0 Å². The van der Waals surface area contributed by atoms with E-state index >= 15 is 0 Å². The Morgan fingerprint density at radius 1 is 1.03 bits per heavy atom. The van der Waals surface area contributed by atoms with Crippen LogP contribution in [0.2, 0.25) is 0 Å². The highest BCUT2D eigenvalue weighted by Crippen LogP contribution is 2.24. The lowest BCUT2D eigenvalue weighted by molar-refractivity contribution is -0.125. The van der Waals surface area contributed by atoms with Gasteiger partial charge in [-0.15, -0.1) is 15.3 Å². The number of hydrogen-bond donors (Lipinski definition) is 1. The first-order valence-electron chi connectivity index (χ1n) is 11.8. The van der Waals surface area contributed by atoms with E-state index in [0.29, 0.717) is 48.4 Å². The van der Waals surface area contributed by atoms with Crippen LogP contribution in [0.1, 0.15) is 28.9 Å². The van der Waals surface area contributed by atoms with Crippen molar-refractivity contribution in [2.24, 2.45) is 5.92 Å². The Morgan fingerprint density at radius 2 is 1.78 bits per heavy atom. The van der Waals surface area contributed by atoms with Crippen molar-refractivity contribution in [3.8, 4) is 11.6 Å².